The van der Waals surface area contributed by atoms with Crippen LogP contribution in [0.1, 0.15) is 43.0 Å². The number of carbonyl (C=O) groups is 1. The lowest BCUT2D eigenvalue weighted by atomic mass is 9.93. The third-order valence-electron chi connectivity index (χ3n) is 6.12. The molecule has 0 saturated heterocycles. The Bertz CT molecular complexity index is 1470. The van der Waals surface area contributed by atoms with Gasteiger partial charge in [0.25, 0.3) is 10.0 Å². The molecule has 1 unspecified atom stereocenters. The normalized spacial score (nSPS) is 16.5. The zero-order valence-electron chi connectivity index (χ0n) is 19.7. The van der Waals surface area contributed by atoms with Crippen LogP contribution in [0, 0.1) is 5.92 Å². The lowest BCUT2D eigenvalue weighted by molar-refractivity contribution is -0.132. The van der Waals surface area contributed by atoms with Crippen molar-refractivity contribution in [3.8, 4) is 0 Å². The Morgan fingerprint density at radius 1 is 1.19 bits per heavy atom. The van der Waals surface area contributed by atoms with Crippen molar-refractivity contribution in [2.75, 3.05) is 0 Å². The van der Waals surface area contributed by atoms with E-state index in [1.165, 1.54) is 24.3 Å². The van der Waals surface area contributed by atoms with Crippen molar-refractivity contribution in [3.05, 3.63) is 83.2 Å². The standard InChI is InChI=1S/C26H25F3N2O4S/c1-16(2)19-7-9-23(10-8-19)36(34,35)31-22(12-17-3-5-20(6-4-17)25(32)33)13-21-11-18(14-26(27,28)29)15-30-24(21)31/h3,5-11,13,15-17H,4,12,14H2,1-2H3,(H,32,33). The predicted octanol–water partition coefficient (Wildman–Crippen LogP) is 5.63. The van der Waals surface area contributed by atoms with Crippen LogP contribution in [-0.4, -0.2) is 34.6 Å². The molecule has 1 aliphatic rings. The van der Waals surface area contributed by atoms with E-state index in [9.17, 15) is 26.4 Å². The molecule has 0 radical (unpaired) electrons. The summed E-state index contributed by atoms with van der Waals surface area (Å²) in [5.41, 5.74) is 1.46. The van der Waals surface area contributed by atoms with E-state index >= 15 is 0 Å². The van der Waals surface area contributed by atoms with Gasteiger partial charge in [0.2, 0.25) is 0 Å². The number of aromatic nitrogens is 2. The van der Waals surface area contributed by atoms with E-state index in [-0.39, 0.29) is 45.3 Å². The zero-order chi connectivity index (χ0) is 26.3. The van der Waals surface area contributed by atoms with Gasteiger partial charge < -0.3 is 5.11 Å². The molecule has 1 aliphatic carbocycles. The van der Waals surface area contributed by atoms with Crippen molar-refractivity contribution in [3.63, 3.8) is 0 Å². The molecule has 0 fully saturated rings. The molecule has 6 nitrogen and oxygen atoms in total. The number of carboxylic acid groups (broad SMARTS) is 1. The van der Waals surface area contributed by atoms with Crippen molar-refractivity contribution in [2.24, 2.45) is 5.92 Å². The first-order chi connectivity index (χ1) is 16.8. The minimum Gasteiger partial charge on any atom is -0.478 e. The molecule has 1 aromatic carbocycles. The Balaban J connectivity index is 1.79. The molecule has 1 atom stereocenters. The van der Waals surface area contributed by atoms with E-state index in [1.54, 1.807) is 30.4 Å². The topological polar surface area (TPSA) is 89.3 Å². The lowest BCUT2D eigenvalue weighted by Gasteiger charge is -2.17. The monoisotopic (exact) mass is 518 g/mol. The van der Waals surface area contributed by atoms with Gasteiger partial charge in [-0.25, -0.2) is 22.2 Å². The van der Waals surface area contributed by atoms with E-state index in [0.29, 0.717) is 12.1 Å². The fourth-order valence-electron chi connectivity index (χ4n) is 4.28. The maximum Gasteiger partial charge on any atom is 0.393 e. The van der Waals surface area contributed by atoms with Crippen LogP contribution in [-0.2, 0) is 27.7 Å². The minimum absolute atomic E-state index is 0.0408. The number of carboxylic acids is 1. The molecule has 36 heavy (non-hydrogen) atoms. The molecular weight excluding hydrogens is 493 g/mol. The first kappa shape index (κ1) is 25.7. The van der Waals surface area contributed by atoms with Gasteiger partial charge in [-0.05, 0) is 60.1 Å². The summed E-state index contributed by atoms with van der Waals surface area (Å²) in [5, 5.41) is 9.44. The van der Waals surface area contributed by atoms with Crippen molar-refractivity contribution >= 4 is 27.0 Å². The molecule has 10 heteroatoms. The van der Waals surface area contributed by atoms with Gasteiger partial charge in [-0.15, -0.1) is 0 Å². The summed E-state index contributed by atoms with van der Waals surface area (Å²) in [7, 11) is -4.12. The first-order valence-electron chi connectivity index (χ1n) is 11.4. The van der Waals surface area contributed by atoms with Gasteiger partial charge in [0.1, 0.15) is 0 Å². The first-order valence-corrected chi connectivity index (χ1v) is 12.8. The average molecular weight is 519 g/mol. The van der Waals surface area contributed by atoms with E-state index in [0.717, 1.165) is 15.7 Å². The summed E-state index contributed by atoms with van der Waals surface area (Å²) in [6.45, 7) is 3.98. The maximum atomic E-state index is 13.7. The van der Waals surface area contributed by atoms with Crippen LogP contribution in [0.5, 0.6) is 0 Å². The van der Waals surface area contributed by atoms with Crippen LogP contribution in [0.15, 0.2) is 71.3 Å². The molecule has 3 aromatic rings. The average Bonchev–Trinajstić information content (AvgIpc) is 3.16. The number of benzene rings is 1. The Hall–Kier alpha value is -3.40. The van der Waals surface area contributed by atoms with Crippen LogP contribution in [0.2, 0.25) is 0 Å². The van der Waals surface area contributed by atoms with E-state index < -0.39 is 28.6 Å². The number of alkyl halides is 3. The quantitative estimate of drug-likeness (QED) is 0.438. The molecule has 0 amide bonds. The van der Waals surface area contributed by atoms with Gasteiger partial charge in [0.15, 0.2) is 5.65 Å². The molecule has 1 N–H and O–H groups in total. The summed E-state index contributed by atoms with van der Waals surface area (Å²) in [4.78, 5) is 15.4. The van der Waals surface area contributed by atoms with Gasteiger partial charge in [-0.1, -0.05) is 44.2 Å². The molecule has 2 heterocycles. The third kappa shape index (κ3) is 5.38. The third-order valence-corrected chi connectivity index (χ3v) is 7.88. The molecule has 2 aromatic heterocycles. The number of pyridine rings is 1. The number of hydrogen-bond donors (Lipinski definition) is 1. The Morgan fingerprint density at radius 2 is 1.89 bits per heavy atom. The van der Waals surface area contributed by atoms with Crippen LogP contribution >= 0.6 is 0 Å². The second-order valence-corrected chi connectivity index (χ2v) is 11.0. The Labute approximate surface area is 206 Å². The summed E-state index contributed by atoms with van der Waals surface area (Å²) in [5.74, 6) is -1.03. The minimum atomic E-state index is -4.42. The molecule has 0 aliphatic heterocycles. The lowest BCUT2D eigenvalue weighted by Crippen LogP contribution is -2.18. The Kier molecular flexibility index (Phi) is 6.83. The summed E-state index contributed by atoms with van der Waals surface area (Å²) in [6.07, 6.45) is 0.818. The second kappa shape index (κ2) is 9.57. The molecule has 0 bridgehead atoms. The number of allylic oxidation sites excluding steroid dienone is 2. The fraction of sp³-hybridized carbons (Fsp3) is 0.308. The smallest absolute Gasteiger partial charge is 0.393 e. The highest BCUT2D eigenvalue weighted by Crippen LogP contribution is 2.31. The van der Waals surface area contributed by atoms with Gasteiger partial charge in [0.05, 0.1) is 16.9 Å². The van der Waals surface area contributed by atoms with E-state index in [2.05, 4.69) is 4.98 Å². The second-order valence-electron chi connectivity index (χ2n) is 9.20. The zero-order valence-corrected chi connectivity index (χ0v) is 20.5. The summed E-state index contributed by atoms with van der Waals surface area (Å²) >= 11 is 0. The van der Waals surface area contributed by atoms with Crippen molar-refractivity contribution in [2.45, 2.75) is 50.1 Å². The molecular formula is C26H25F3N2O4S. The number of hydrogen-bond acceptors (Lipinski definition) is 4. The van der Waals surface area contributed by atoms with Crippen LogP contribution in [0.25, 0.3) is 11.0 Å². The number of halogens is 3. The van der Waals surface area contributed by atoms with Crippen molar-refractivity contribution in [1.82, 2.24) is 8.96 Å². The van der Waals surface area contributed by atoms with Crippen LogP contribution in [0.3, 0.4) is 0 Å². The Morgan fingerprint density at radius 3 is 2.44 bits per heavy atom. The van der Waals surface area contributed by atoms with Crippen molar-refractivity contribution in [1.29, 1.82) is 0 Å². The van der Waals surface area contributed by atoms with Gasteiger partial charge in [0, 0.05) is 17.3 Å². The highest BCUT2D eigenvalue weighted by molar-refractivity contribution is 7.90. The number of fused-ring (bicyclic) bond motifs is 1. The van der Waals surface area contributed by atoms with Gasteiger partial charge in [-0.3, -0.25) is 0 Å². The highest BCUT2D eigenvalue weighted by atomic mass is 32.2. The SMILES string of the molecule is CC(C)c1ccc(S(=O)(=O)n2c(CC3C=CC(C(=O)O)=CC3)cc3cc(CC(F)(F)F)cnc32)cc1. The van der Waals surface area contributed by atoms with Gasteiger partial charge in [-0.2, -0.15) is 13.2 Å². The highest BCUT2D eigenvalue weighted by Gasteiger charge is 2.30. The molecule has 190 valence electrons. The van der Waals surface area contributed by atoms with E-state index in [4.69, 9.17) is 5.11 Å². The fourth-order valence-corrected chi connectivity index (χ4v) is 5.79. The van der Waals surface area contributed by atoms with Crippen LogP contribution < -0.4 is 0 Å². The summed E-state index contributed by atoms with van der Waals surface area (Å²) in [6, 6.07) is 9.36. The number of rotatable bonds is 7. The summed E-state index contributed by atoms with van der Waals surface area (Å²) < 4.78 is 67.4. The van der Waals surface area contributed by atoms with E-state index in [1.807, 2.05) is 13.8 Å². The predicted molar refractivity (Wildman–Crippen MR) is 129 cm³/mol. The molecule has 4 rings (SSSR count). The van der Waals surface area contributed by atoms with Crippen LogP contribution in [0.4, 0.5) is 13.2 Å². The molecule has 0 spiro atoms. The van der Waals surface area contributed by atoms with Gasteiger partial charge >= 0.3 is 12.1 Å². The van der Waals surface area contributed by atoms with Crippen molar-refractivity contribution < 1.29 is 31.5 Å². The largest absolute Gasteiger partial charge is 0.478 e. The number of nitrogens with zero attached hydrogens (tertiary/aromatic N) is 2. The maximum absolute atomic E-state index is 13.7. The number of aliphatic carboxylic acids is 1. The molecule has 0 saturated carbocycles.